The quantitative estimate of drug-likeness (QED) is 0.786. The molecule has 1 aromatic carbocycles. The number of hydrogen-bond donors (Lipinski definition) is 1. The predicted molar refractivity (Wildman–Crippen MR) is 97.6 cm³/mol. The molecule has 7 heteroatoms. The molecule has 0 saturated heterocycles. The highest BCUT2D eigenvalue weighted by Gasteiger charge is 2.22. The number of pyridine rings is 1. The Kier molecular flexibility index (Phi) is 3.84. The molecule has 0 unspecified atom stereocenters. The highest BCUT2D eigenvalue weighted by molar-refractivity contribution is 5.99. The molecule has 4 rings (SSSR count). The van der Waals surface area contributed by atoms with Crippen molar-refractivity contribution >= 4 is 28.8 Å². The van der Waals surface area contributed by atoms with E-state index in [4.69, 9.17) is 4.74 Å². The molecule has 0 fully saturated rings. The first-order chi connectivity index (χ1) is 12.5. The second-order valence-electron chi connectivity index (χ2n) is 6.35. The zero-order valence-electron chi connectivity index (χ0n) is 14.5. The summed E-state index contributed by atoms with van der Waals surface area (Å²) in [7, 11) is 1.69. The third-order valence-corrected chi connectivity index (χ3v) is 4.34. The van der Waals surface area contributed by atoms with Gasteiger partial charge in [0.25, 0.3) is 5.91 Å². The van der Waals surface area contributed by atoms with Crippen molar-refractivity contribution in [2.24, 2.45) is 0 Å². The summed E-state index contributed by atoms with van der Waals surface area (Å²) in [6.45, 7) is 2.03. The number of fused-ring (bicyclic) bond motifs is 2. The molecule has 0 spiro atoms. The van der Waals surface area contributed by atoms with Crippen LogP contribution in [-0.2, 0) is 16.0 Å². The van der Waals surface area contributed by atoms with E-state index in [1.165, 1.54) is 4.90 Å². The van der Waals surface area contributed by atoms with E-state index in [1.807, 2.05) is 35.9 Å². The number of nitrogens with one attached hydrogen (secondary N) is 1. The van der Waals surface area contributed by atoms with Gasteiger partial charge < -0.3 is 19.4 Å². The van der Waals surface area contributed by atoms with E-state index in [0.717, 1.165) is 11.2 Å². The number of nitrogens with zero attached hydrogens (tertiary/aromatic N) is 3. The monoisotopic (exact) mass is 350 g/mol. The van der Waals surface area contributed by atoms with Gasteiger partial charge in [0.05, 0.1) is 17.8 Å². The molecule has 0 atom stereocenters. The van der Waals surface area contributed by atoms with Crippen LogP contribution in [0, 0.1) is 6.92 Å². The van der Waals surface area contributed by atoms with Crippen molar-refractivity contribution in [3.63, 3.8) is 0 Å². The molecule has 0 aliphatic carbocycles. The van der Waals surface area contributed by atoms with E-state index >= 15 is 0 Å². The largest absolute Gasteiger partial charge is 0.482 e. The molecule has 2 amide bonds. The maximum absolute atomic E-state index is 12.4. The summed E-state index contributed by atoms with van der Waals surface area (Å²) in [6.07, 6.45) is 3.94. The van der Waals surface area contributed by atoms with Crippen LogP contribution in [0.3, 0.4) is 0 Å². The van der Waals surface area contributed by atoms with Crippen LogP contribution in [0.15, 0.2) is 42.7 Å². The molecule has 0 saturated carbocycles. The Morgan fingerprint density at radius 3 is 3.00 bits per heavy atom. The molecule has 26 heavy (non-hydrogen) atoms. The highest BCUT2D eigenvalue weighted by atomic mass is 16.5. The van der Waals surface area contributed by atoms with E-state index < -0.39 is 0 Å². The summed E-state index contributed by atoms with van der Waals surface area (Å²) in [5, 5.41) is 2.85. The van der Waals surface area contributed by atoms with Crippen molar-refractivity contribution in [3.05, 3.63) is 54.0 Å². The Labute approximate surface area is 150 Å². The van der Waals surface area contributed by atoms with Gasteiger partial charge in [0.1, 0.15) is 11.4 Å². The van der Waals surface area contributed by atoms with E-state index in [2.05, 4.69) is 10.3 Å². The van der Waals surface area contributed by atoms with Gasteiger partial charge in [0, 0.05) is 25.1 Å². The van der Waals surface area contributed by atoms with Gasteiger partial charge in [-0.2, -0.15) is 0 Å². The van der Waals surface area contributed by atoms with E-state index in [1.54, 1.807) is 25.2 Å². The Balaban J connectivity index is 1.50. The van der Waals surface area contributed by atoms with Crippen molar-refractivity contribution in [2.75, 3.05) is 23.9 Å². The van der Waals surface area contributed by atoms with E-state index in [-0.39, 0.29) is 24.8 Å². The Morgan fingerprint density at radius 1 is 1.31 bits per heavy atom. The average molecular weight is 350 g/mol. The molecule has 0 bridgehead atoms. The van der Waals surface area contributed by atoms with Gasteiger partial charge in [-0.25, -0.2) is 4.98 Å². The third-order valence-electron chi connectivity index (χ3n) is 4.34. The van der Waals surface area contributed by atoms with Crippen molar-refractivity contribution in [1.82, 2.24) is 9.38 Å². The minimum absolute atomic E-state index is 0.0303. The summed E-state index contributed by atoms with van der Waals surface area (Å²) < 4.78 is 7.28. The SMILES string of the molecule is Cc1ccn2cc(CC(=O)Nc3ccc4c(c3)N(C)C(=O)CO4)nc2c1. The molecule has 2 aromatic heterocycles. The first kappa shape index (κ1) is 16.1. The van der Waals surface area contributed by atoms with E-state index in [9.17, 15) is 9.59 Å². The first-order valence-corrected chi connectivity index (χ1v) is 8.27. The molecule has 1 N–H and O–H groups in total. The lowest BCUT2D eigenvalue weighted by Gasteiger charge is -2.26. The van der Waals surface area contributed by atoms with Crippen LogP contribution in [0.1, 0.15) is 11.3 Å². The molecule has 0 radical (unpaired) electrons. The molecule has 1 aliphatic rings. The van der Waals surface area contributed by atoms with Crippen LogP contribution in [0.2, 0.25) is 0 Å². The van der Waals surface area contributed by atoms with Crippen molar-refractivity contribution in [2.45, 2.75) is 13.3 Å². The smallest absolute Gasteiger partial charge is 0.264 e. The Morgan fingerprint density at radius 2 is 2.15 bits per heavy atom. The molecular formula is C19H18N4O3. The van der Waals surface area contributed by atoms with Crippen LogP contribution in [0.4, 0.5) is 11.4 Å². The second kappa shape index (κ2) is 6.18. The minimum atomic E-state index is -0.171. The van der Waals surface area contributed by atoms with Crippen LogP contribution in [-0.4, -0.2) is 34.9 Å². The van der Waals surface area contributed by atoms with Crippen LogP contribution in [0.25, 0.3) is 5.65 Å². The normalized spacial score (nSPS) is 13.5. The van der Waals surface area contributed by atoms with Crippen molar-refractivity contribution in [1.29, 1.82) is 0 Å². The Hall–Kier alpha value is -3.35. The third kappa shape index (κ3) is 2.99. The van der Waals surface area contributed by atoms with Crippen LogP contribution < -0.4 is 15.0 Å². The molecule has 1 aliphatic heterocycles. The maximum atomic E-state index is 12.4. The van der Waals surface area contributed by atoms with E-state index in [0.29, 0.717) is 22.8 Å². The number of aromatic nitrogens is 2. The number of likely N-dealkylation sites (N-methyl/N-ethyl adjacent to an activating group) is 1. The predicted octanol–water partition coefficient (Wildman–Crippen LogP) is 2.18. The number of amides is 2. The number of hydrogen-bond acceptors (Lipinski definition) is 4. The highest BCUT2D eigenvalue weighted by Crippen LogP contribution is 2.33. The number of carbonyl (C=O) groups excluding carboxylic acids is 2. The fraction of sp³-hybridized carbons (Fsp3) is 0.211. The van der Waals surface area contributed by atoms with Gasteiger partial charge in [0.15, 0.2) is 6.61 Å². The minimum Gasteiger partial charge on any atom is -0.482 e. The Bertz CT molecular complexity index is 1020. The maximum Gasteiger partial charge on any atom is 0.264 e. The number of rotatable bonds is 3. The molecule has 3 aromatic rings. The number of ether oxygens (including phenoxy) is 1. The number of benzene rings is 1. The van der Waals surface area contributed by atoms with Crippen molar-refractivity contribution < 1.29 is 14.3 Å². The standard InChI is InChI=1S/C19H18N4O3/c1-12-5-6-23-10-14(20-17(23)7-12)9-18(24)21-13-3-4-16-15(8-13)22(2)19(25)11-26-16/h3-8,10H,9,11H2,1-2H3,(H,21,24). The van der Waals surface area contributed by atoms with Crippen LogP contribution >= 0.6 is 0 Å². The van der Waals surface area contributed by atoms with Gasteiger partial charge in [-0.3, -0.25) is 9.59 Å². The number of carbonyl (C=O) groups is 2. The zero-order chi connectivity index (χ0) is 18.3. The number of imidazole rings is 1. The topological polar surface area (TPSA) is 75.9 Å². The lowest BCUT2D eigenvalue weighted by Crippen LogP contribution is -2.35. The summed E-state index contributed by atoms with van der Waals surface area (Å²) in [5.74, 6) is 0.331. The lowest BCUT2D eigenvalue weighted by molar-refractivity contribution is -0.121. The summed E-state index contributed by atoms with van der Waals surface area (Å²) >= 11 is 0. The van der Waals surface area contributed by atoms with Gasteiger partial charge in [-0.1, -0.05) is 0 Å². The summed E-state index contributed by atoms with van der Waals surface area (Å²) in [4.78, 5) is 30.1. The zero-order valence-corrected chi connectivity index (χ0v) is 14.5. The summed E-state index contributed by atoms with van der Waals surface area (Å²) in [5.41, 5.74) is 3.88. The first-order valence-electron chi connectivity index (χ1n) is 8.27. The molecular weight excluding hydrogens is 332 g/mol. The summed E-state index contributed by atoms with van der Waals surface area (Å²) in [6, 6.07) is 9.20. The molecule has 7 nitrogen and oxygen atoms in total. The number of aryl methyl sites for hydroxylation is 1. The van der Waals surface area contributed by atoms with Crippen LogP contribution in [0.5, 0.6) is 5.75 Å². The molecule has 3 heterocycles. The van der Waals surface area contributed by atoms with Gasteiger partial charge >= 0.3 is 0 Å². The van der Waals surface area contributed by atoms with Gasteiger partial charge in [-0.15, -0.1) is 0 Å². The fourth-order valence-electron chi connectivity index (χ4n) is 2.94. The average Bonchev–Trinajstić information content (AvgIpc) is 2.99. The fourth-order valence-corrected chi connectivity index (χ4v) is 2.94. The molecule has 132 valence electrons. The number of anilines is 2. The van der Waals surface area contributed by atoms with Gasteiger partial charge in [0.2, 0.25) is 5.91 Å². The lowest BCUT2D eigenvalue weighted by atomic mass is 10.2. The second-order valence-corrected chi connectivity index (χ2v) is 6.35. The van der Waals surface area contributed by atoms with Crippen molar-refractivity contribution in [3.8, 4) is 5.75 Å². The van der Waals surface area contributed by atoms with Gasteiger partial charge in [-0.05, 0) is 42.8 Å².